The zero-order chi connectivity index (χ0) is 18.6. The lowest BCUT2D eigenvalue weighted by Gasteiger charge is -2.14. The number of hydrogen-bond acceptors (Lipinski definition) is 7. The summed E-state index contributed by atoms with van der Waals surface area (Å²) < 4.78 is 22.2. The second-order valence-electron chi connectivity index (χ2n) is 4.62. The molecule has 0 saturated carbocycles. The summed E-state index contributed by atoms with van der Waals surface area (Å²) in [6.07, 6.45) is 0.927. The molecule has 1 atom stereocenters. The van der Waals surface area contributed by atoms with Gasteiger partial charge in [0, 0.05) is 12.3 Å². The minimum absolute atomic E-state index is 0.0164. The Kier molecular flexibility index (Phi) is 10.3. The third-order valence-electron chi connectivity index (χ3n) is 2.72. The van der Waals surface area contributed by atoms with E-state index in [9.17, 15) is 14.3 Å². The van der Waals surface area contributed by atoms with E-state index in [0.29, 0.717) is 24.3 Å². The Labute approximate surface area is 138 Å². The van der Waals surface area contributed by atoms with Crippen molar-refractivity contribution in [3.63, 3.8) is 0 Å². The van der Waals surface area contributed by atoms with Gasteiger partial charge in [-0.2, -0.15) is 9.59 Å². The van der Waals surface area contributed by atoms with Crippen LogP contribution in [0.5, 0.6) is 11.5 Å². The van der Waals surface area contributed by atoms with Gasteiger partial charge in [-0.15, -0.1) is 0 Å². The summed E-state index contributed by atoms with van der Waals surface area (Å²) in [5.74, 6) is -0.492. The van der Waals surface area contributed by atoms with E-state index >= 15 is 0 Å². The van der Waals surface area contributed by atoms with Gasteiger partial charge in [0.25, 0.3) is 0 Å². The fourth-order valence-corrected chi connectivity index (χ4v) is 3.37. The first kappa shape index (κ1) is 21.8. The van der Waals surface area contributed by atoms with E-state index in [1.807, 2.05) is 0 Å². The molecule has 0 radical (unpaired) electrons. The van der Waals surface area contributed by atoms with Crippen LogP contribution < -0.4 is 15.2 Å². The number of aliphatic carboxylic acids is 1. The summed E-state index contributed by atoms with van der Waals surface area (Å²) in [5, 5.41) is 8.58. The Hall–Kier alpha value is -2.18. The van der Waals surface area contributed by atoms with Crippen LogP contribution in [0, 0.1) is 0 Å². The average Bonchev–Trinajstić information content (AvgIpc) is 2.52. The molecule has 0 heterocycles. The number of benzene rings is 1. The maximum Gasteiger partial charge on any atom is 0.373 e. The molecule has 0 spiro atoms. The molecule has 0 aromatic heterocycles. The molecule has 0 aliphatic rings. The summed E-state index contributed by atoms with van der Waals surface area (Å²) in [4.78, 5) is 36.6. The van der Waals surface area contributed by atoms with Gasteiger partial charge in [-0.25, -0.2) is 4.79 Å². The molecule has 0 bridgehead atoms. The molecule has 4 N–H and O–H groups in total. The number of ether oxygens (including phenoxy) is 2. The Morgan fingerprint density at radius 3 is 2.46 bits per heavy atom. The molecule has 24 heavy (non-hydrogen) atoms. The molecule has 1 rings (SSSR count). The zero-order valence-electron chi connectivity index (χ0n) is 13.1. The molecule has 9 nitrogen and oxygen atoms in total. The topological polar surface area (TPSA) is 153 Å². The number of nitrogens with two attached hydrogens (primary N) is 1. The van der Waals surface area contributed by atoms with Gasteiger partial charge in [0.2, 0.25) is 7.37 Å². The largest absolute Gasteiger partial charge is 0.493 e. The third kappa shape index (κ3) is 9.07. The minimum atomic E-state index is -3.28. The van der Waals surface area contributed by atoms with Crippen molar-refractivity contribution in [1.82, 2.24) is 0 Å². The van der Waals surface area contributed by atoms with E-state index in [4.69, 9.17) is 29.9 Å². The van der Waals surface area contributed by atoms with Crippen molar-refractivity contribution in [2.75, 3.05) is 26.4 Å². The van der Waals surface area contributed by atoms with Gasteiger partial charge in [-0.05, 0) is 30.7 Å². The van der Waals surface area contributed by atoms with E-state index in [0.717, 1.165) is 0 Å². The first-order valence-electron chi connectivity index (χ1n) is 6.81. The molecule has 1 aromatic rings. The summed E-state index contributed by atoms with van der Waals surface area (Å²) in [7, 11) is -1.86. The molecule has 0 fully saturated rings. The highest BCUT2D eigenvalue weighted by molar-refractivity contribution is 7.57. The minimum Gasteiger partial charge on any atom is -0.493 e. The van der Waals surface area contributed by atoms with E-state index in [1.54, 1.807) is 12.1 Å². The van der Waals surface area contributed by atoms with Crippen molar-refractivity contribution in [2.24, 2.45) is 5.73 Å². The SMILES string of the molecule is COc1cc(CP(=O)(O)CCCN)ccc1OCC(=O)O.O=C=O. The lowest BCUT2D eigenvalue weighted by molar-refractivity contribution is -0.191. The van der Waals surface area contributed by atoms with Gasteiger partial charge in [-0.3, -0.25) is 4.57 Å². The molecule has 0 amide bonds. The predicted octanol–water partition coefficient (Wildman–Crippen LogP) is 0.694. The molecule has 0 aliphatic heterocycles. The second-order valence-corrected chi connectivity index (χ2v) is 7.08. The van der Waals surface area contributed by atoms with Crippen LogP contribution in [0.25, 0.3) is 0 Å². The van der Waals surface area contributed by atoms with Gasteiger partial charge < -0.3 is 25.2 Å². The first-order valence-corrected chi connectivity index (χ1v) is 8.84. The Bertz CT molecular complexity index is 613. The molecule has 0 saturated heterocycles. The van der Waals surface area contributed by atoms with Crippen LogP contribution in [-0.4, -0.2) is 48.5 Å². The van der Waals surface area contributed by atoms with Crippen LogP contribution in [0.2, 0.25) is 0 Å². The van der Waals surface area contributed by atoms with Crippen LogP contribution in [0.4, 0.5) is 0 Å². The highest BCUT2D eigenvalue weighted by Crippen LogP contribution is 2.45. The van der Waals surface area contributed by atoms with Crippen molar-refractivity contribution in [1.29, 1.82) is 0 Å². The van der Waals surface area contributed by atoms with Crippen molar-refractivity contribution >= 4 is 19.5 Å². The van der Waals surface area contributed by atoms with Crippen molar-refractivity contribution in [3.8, 4) is 11.5 Å². The number of carboxylic acid groups (broad SMARTS) is 1. The summed E-state index contributed by atoms with van der Waals surface area (Å²) in [6.45, 7) is -0.111. The normalized spacial score (nSPS) is 12.1. The monoisotopic (exact) mass is 361 g/mol. The van der Waals surface area contributed by atoms with Crippen LogP contribution in [0.15, 0.2) is 18.2 Å². The number of methoxy groups -OCH3 is 1. The standard InChI is InChI=1S/C13H20NO6P.CO2/c1-19-12-7-10(9-21(17,18)6-2-5-14)3-4-11(12)20-8-13(15)16;2-1-3/h3-4,7H,2,5-6,8-9,14H2,1H3,(H,15,16)(H,17,18);. The quantitative estimate of drug-likeness (QED) is 0.539. The average molecular weight is 361 g/mol. The molecule has 0 aliphatic carbocycles. The number of carboxylic acids is 1. The molecule has 134 valence electrons. The van der Waals surface area contributed by atoms with Crippen LogP contribution in [-0.2, 0) is 25.1 Å². The lowest BCUT2D eigenvalue weighted by atomic mass is 10.2. The summed E-state index contributed by atoms with van der Waals surface area (Å²) >= 11 is 0. The van der Waals surface area contributed by atoms with Gasteiger partial charge in [-0.1, -0.05) is 6.07 Å². The summed E-state index contributed by atoms with van der Waals surface area (Å²) in [5.41, 5.74) is 5.96. The maximum absolute atomic E-state index is 12.0. The molecule has 1 aromatic carbocycles. The highest BCUT2D eigenvalue weighted by Gasteiger charge is 2.19. The highest BCUT2D eigenvalue weighted by atomic mass is 31.2. The van der Waals surface area contributed by atoms with E-state index in [-0.39, 0.29) is 24.2 Å². The fraction of sp³-hybridized carbons (Fsp3) is 0.429. The van der Waals surface area contributed by atoms with Crippen molar-refractivity contribution in [3.05, 3.63) is 23.8 Å². The molecule has 10 heteroatoms. The fourth-order valence-electron chi connectivity index (χ4n) is 1.77. The lowest BCUT2D eigenvalue weighted by Crippen LogP contribution is -2.10. The van der Waals surface area contributed by atoms with Crippen molar-refractivity contribution in [2.45, 2.75) is 12.6 Å². The first-order chi connectivity index (χ1) is 11.3. The van der Waals surface area contributed by atoms with E-state index in [2.05, 4.69) is 0 Å². The maximum atomic E-state index is 12.0. The predicted molar refractivity (Wildman–Crippen MR) is 83.2 cm³/mol. The number of hydrogen-bond donors (Lipinski definition) is 3. The van der Waals surface area contributed by atoms with Gasteiger partial charge in [0.05, 0.1) is 7.11 Å². The van der Waals surface area contributed by atoms with Crippen LogP contribution in [0.1, 0.15) is 12.0 Å². The van der Waals surface area contributed by atoms with E-state index < -0.39 is 19.9 Å². The number of carbonyl (C=O) groups excluding carboxylic acids is 2. The van der Waals surface area contributed by atoms with Gasteiger partial charge in [0.15, 0.2) is 18.1 Å². The zero-order valence-corrected chi connectivity index (χ0v) is 14.0. The van der Waals surface area contributed by atoms with Crippen LogP contribution in [0.3, 0.4) is 0 Å². The van der Waals surface area contributed by atoms with Crippen molar-refractivity contribution < 1.29 is 38.4 Å². The molecule has 1 unspecified atom stereocenters. The Morgan fingerprint density at radius 2 is 1.96 bits per heavy atom. The molecular weight excluding hydrogens is 341 g/mol. The van der Waals surface area contributed by atoms with Crippen LogP contribution >= 0.6 is 7.37 Å². The number of carbonyl (C=O) groups is 1. The number of rotatable bonds is 9. The second kappa shape index (κ2) is 11.4. The Balaban J connectivity index is 0.00000163. The molecular formula is C14H20NO8P. The Morgan fingerprint density at radius 1 is 1.33 bits per heavy atom. The smallest absolute Gasteiger partial charge is 0.373 e. The summed E-state index contributed by atoms with van der Waals surface area (Å²) in [6, 6.07) is 4.72. The van der Waals surface area contributed by atoms with Gasteiger partial charge >= 0.3 is 12.1 Å². The van der Waals surface area contributed by atoms with Gasteiger partial charge in [0.1, 0.15) is 0 Å². The third-order valence-corrected chi connectivity index (χ3v) is 4.59. The van der Waals surface area contributed by atoms with E-state index in [1.165, 1.54) is 13.2 Å².